The Hall–Kier alpha value is -3.26. The lowest BCUT2D eigenvalue weighted by Gasteiger charge is -2.32. The Morgan fingerprint density at radius 3 is 2.51 bits per heavy atom. The number of esters is 1. The van der Waals surface area contributed by atoms with E-state index in [0.717, 1.165) is 29.4 Å². The number of rotatable bonds is 10. The number of piperidine rings is 1. The first-order chi connectivity index (χ1) is 17.1. The van der Waals surface area contributed by atoms with Crippen molar-refractivity contribution in [2.75, 3.05) is 31.1 Å². The Labute approximate surface area is 210 Å². The van der Waals surface area contributed by atoms with Gasteiger partial charge in [0.15, 0.2) is 0 Å². The maximum atomic E-state index is 13.1. The molecule has 3 aromatic rings. The second kappa shape index (κ2) is 12.4. The average molecular weight is 493 g/mol. The molecule has 1 fully saturated rings. The van der Waals surface area contributed by atoms with E-state index in [-0.39, 0.29) is 17.8 Å². The van der Waals surface area contributed by atoms with Crippen molar-refractivity contribution < 1.29 is 14.3 Å². The van der Waals surface area contributed by atoms with Gasteiger partial charge in [-0.1, -0.05) is 60.7 Å². The van der Waals surface area contributed by atoms with E-state index in [1.807, 2.05) is 48.2 Å². The smallest absolute Gasteiger partial charge is 0.310 e. The molecule has 0 N–H and O–H groups in total. The number of carbonyl (C=O) groups is 2. The molecular weight excluding hydrogens is 460 g/mol. The molecule has 0 bridgehead atoms. The minimum Gasteiger partial charge on any atom is -0.466 e. The van der Waals surface area contributed by atoms with Crippen molar-refractivity contribution in [3.63, 3.8) is 0 Å². The van der Waals surface area contributed by atoms with Gasteiger partial charge in [-0.25, -0.2) is 4.98 Å². The first kappa shape index (κ1) is 24.9. The van der Waals surface area contributed by atoms with Gasteiger partial charge in [0.2, 0.25) is 11.0 Å². The molecular formula is C27H32N4O3S. The summed E-state index contributed by atoms with van der Waals surface area (Å²) in [4.78, 5) is 34.0. The molecule has 1 aliphatic heterocycles. The highest BCUT2D eigenvalue weighted by Gasteiger charge is 2.29. The van der Waals surface area contributed by atoms with E-state index in [4.69, 9.17) is 9.72 Å². The molecule has 1 atom stereocenters. The normalized spacial score (nSPS) is 15.6. The van der Waals surface area contributed by atoms with Crippen molar-refractivity contribution in [1.29, 1.82) is 0 Å². The third-order valence-electron chi connectivity index (χ3n) is 6.14. The van der Waals surface area contributed by atoms with Crippen molar-refractivity contribution in [1.82, 2.24) is 14.3 Å². The highest BCUT2D eigenvalue weighted by Crippen LogP contribution is 2.23. The number of likely N-dealkylation sites (tertiary alicyclic amines) is 1. The standard InChI is InChI=1S/C27H32N4O3S/c1-2-34-26(33)23-14-9-16-30(20-23)25(32)15-17-31(19-22-12-7-4-8-13-22)27-28-24(29-35-27)18-21-10-5-3-6-11-21/h3-8,10-13,23H,2,9,14-20H2,1H3. The molecule has 1 saturated heterocycles. The van der Waals surface area contributed by atoms with Crippen LogP contribution in [-0.4, -0.2) is 52.4 Å². The van der Waals surface area contributed by atoms with E-state index in [0.29, 0.717) is 45.6 Å². The Morgan fingerprint density at radius 2 is 1.80 bits per heavy atom. The molecule has 0 saturated carbocycles. The van der Waals surface area contributed by atoms with Gasteiger partial charge in [0.05, 0.1) is 12.5 Å². The van der Waals surface area contributed by atoms with Gasteiger partial charge in [-0.3, -0.25) is 9.59 Å². The predicted molar refractivity (Wildman–Crippen MR) is 137 cm³/mol. The summed E-state index contributed by atoms with van der Waals surface area (Å²) in [6.07, 6.45) is 2.63. The summed E-state index contributed by atoms with van der Waals surface area (Å²) in [5.41, 5.74) is 2.32. The number of nitrogens with zero attached hydrogens (tertiary/aromatic N) is 4. The second-order valence-electron chi connectivity index (χ2n) is 8.74. The number of hydrogen-bond donors (Lipinski definition) is 0. The molecule has 1 aliphatic rings. The van der Waals surface area contributed by atoms with Crippen LogP contribution in [-0.2, 0) is 27.3 Å². The third kappa shape index (κ3) is 7.11. The maximum absolute atomic E-state index is 13.1. The van der Waals surface area contributed by atoms with Crippen LogP contribution >= 0.6 is 11.5 Å². The van der Waals surface area contributed by atoms with E-state index < -0.39 is 0 Å². The fraction of sp³-hybridized carbons (Fsp3) is 0.407. The van der Waals surface area contributed by atoms with Crippen molar-refractivity contribution in [2.24, 2.45) is 5.92 Å². The third-order valence-corrected chi connectivity index (χ3v) is 6.95. The van der Waals surface area contributed by atoms with E-state index in [2.05, 4.69) is 33.5 Å². The number of ether oxygens (including phenoxy) is 1. The van der Waals surface area contributed by atoms with Crippen LogP contribution in [0.3, 0.4) is 0 Å². The molecule has 0 radical (unpaired) electrons. The molecule has 2 heterocycles. The zero-order chi connectivity index (χ0) is 24.5. The zero-order valence-corrected chi connectivity index (χ0v) is 21.0. The van der Waals surface area contributed by atoms with Gasteiger partial charge >= 0.3 is 5.97 Å². The quantitative estimate of drug-likeness (QED) is 0.392. The highest BCUT2D eigenvalue weighted by atomic mass is 32.1. The Morgan fingerprint density at radius 1 is 1.09 bits per heavy atom. The van der Waals surface area contributed by atoms with Crippen molar-refractivity contribution >= 4 is 28.5 Å². The second-order valence-corrected chi connectivity index (χ2v) is 9.47. The number of aromatic nitrogens is 2. The molecule has 0 spiro atoms. The van der Waals surface area contributed by atoms with Gasteiger partial charge in [0, 0.05) is 50.6 Å². The summed E-state index contributed by atoms with van der Waals surface area (Å²) in [5, 5.41) is 0.815. The number of carbonyl (C=O) groups excluding carboxylic acids is 2. The van der Waals surface area contributed by atoms with Crippen molar-refractivity contribution in [3.05, 3.63) is 77.6 Å². The summed E-state index contributed by atoms with van der Waals surface area (Å²) in [6, 6.07) is 20.4. The van der Waals surface area contributed by atoms with E-state index in [9.17, 15) is 9.59 Å². The Bertz CT molecular complexity index is 1090. The molecule has 2 aromatic carbocycles. The topological polar surface area (TPSA) is 75.6 Å². The summed E-state index contributed by atoms with van der Waals surface area (Å²) in [5.74, 6) is 0.423. The lowest BCUT2D eigenvalue weighted by molar-refractivity contribution is -0.151. The van der Waals surface area contributed by atoms with Gasteiger partial charge in [-0.05, 0) is 30.9 Å². The molecule has 1 amide bonds. The number of amides is 1. The van der Waals surface area contributed by atoms with Gasteiger partial charge in [-0.2, -0.15) is 4.37 Å². The molecule has 4 rings (SSSR count). The SMILES string of the molecule is CCOC(=O)C1CCCN(C(=O)CCN(Cc2ccccc2)c2nc(Cc3ccccc3)ns2)C1. The van der Waals surface area contributed by atoms with Gasteiger partial charge in [-0.15, -0.1) is 0 Å². The lowest BCUT2D eigenvalue weighted by atomic mass is 9.98. The molecule has 8 heteroatoms. The Kier molecular flexibility index (Phi) is 8.84. The van der Waals surface area contributed by atoms with E-state index >= 15 is 0 Å². The van der Waals surface area contributed by atoms with Crippen LogP contribution in [0.4, 0.5) is 5.13 Å². The minimum atomic E-state index is -0.225. The molecule has 0 aliphatic carbocycles. The summed E-state index contributed by atoms with van der Waals surface area (Å²) in [7, 11) is 0. The van der Waals surface area contributed by atoms with Crippen LogP contribution in [0.1, 0.15) is 43.1 Å². The fourth-order valence-corrected chi connectivity index (χ4v) is 5.02. The molecule has 1 unspecified atom stereocenters. The number of anilines is 1. The van der Waals surface area contributed by atoms with Crippen LogP contribution in [0.5, 0.6) is 0 Å². The average Bonchev–Trinajstić information content (AvgIpc) is 3.36. The molecule has 7 nitrogen and oxygen atoms in total. The molecule has 35 heavy (non-hydrogen) atoms. The van der Waals surface area contributed by atoms with Crippen LogP contribution in [0.2, 0.25) is 0 Å². The summed E-state index contributed by atoms with van der Waals surface area (Å²) in [6.45, 7) is 4.49. The van der Waals surface area contributed by atoms with Gasteiger partial charge < -0.3 is 14.5 Å². The number of hydrogen-bond acceptors (Lipinski definition) is 7. The van der Waals surface area contributed by atoms with Crippen LogP contribution in [0.25, 0.3) is 0 Å². The van der Waals surface area contributed by atoms with E-state index in [1.165, 1.54) is 17.1 Å². The van der Waals surface area contributed by atoms with E-state index in [1.54, 1.807) is 0 Å². The monoisotopic (exact) mass is 492 g/mol. The first-order valence-electron chi connectivity index (χ1n) is 12.2. The van der Waals surface area contributed by atoms with Crippen LogP contribution < -0.4 is 4.90 Å². The van der Waals surface area contributed by atoms with Gasteiger partial charge in [0.25, 0.3) is 0 Å². The largest absolute Gasteiger partial charge is 0.466 e. The van der Waals surface area contributed by atoms with Crippen molar-refractivity contribution in [2.45, 2.75) is 39.2 Å². The lowest BCUT2D eigenvalue weighted by Crippen LogP contribution is -2.43. The Balaban J connectivity index is 1.41. The maximum Gasteiger partial charge on any atom is 0.310 e. The minimum absolute atomic E-state index is 0.0612. The van der Waals surface area contributed by atoms with Crippen LogP contribution in [0.15, 0.2) is 60.7 Å². The zero-order valence-electron chi connectivity index (χ0n) is 20.1. The first-order valence-corrected chi connectivity index (χ1v) is 13.0. The summed E-state index contributed by atoms with van der Waals surface area (Å²) >= 11 is 1.37. The fourth-order valence-electron chi connectivity index (χ4n) is 4.31. The van der Waals surface area contributed by atoms with Crippen molar-refractivity contribution in [3.8, 4) is 0 Å². The van der Waals surface area contributed by atoms with Crippen LogP contribution in [0, 0.1) is 5.92 Å². The number of benzene rings is 2. The van der Waals surface area contributed by atoms with Gasteiger partial charge in [0.1, 0.15) is 5.82 Å². The predicted octanol–water partition coefficient (Wildman–Crippen LogP) is 4.33. The summed E-state index contributed by atoms with van der Waals surface area (Å²) < 4.78 is 9.76. The molecule has 1 aromatic heterocycles. The molecule has 184 valence electrons. The highest BCUT2D eigenvalue weighted by molar-refractivity contribution is 7.09.